The molecule has 2 N–H and O–H groups in total. The summed E-state index contributed by atoms with van der Waals surface area (Å²) in [6.45, 7) is 3.30. The van der Waals surface area contributed by atoms with Crippen molar-refractivity contribution in [3.05, 3.63) is 29.5 Å². The predicted molar refractivity (Wildman–Crippen MR) is 106 cm³/mol. The maximum absolute atomic E-state index is 12.9. The molecule has 0 spiro atoms. The standard InChI is InChI=1S/C20H26N4O4/c1-12-9-18(24(23-12)15-7-5-6-8-15)22-20(26)14-10-16(21-13(2)25)19(28-4)17(11-14)27-3/h9-11,15H,5-8H2,1-4H3,(H,21,25)(H,22,26). The fourth-order valence-electron chi connectivity index (χ4n) is 3.60. The number of nitrogens with zero attached hydrogens (tertiary/aromatic N) is 2. The van der Waals surface area contributed by atoms with Crippen LogP contribution in [0.3, 0.4) is 0 Å². The number of hydrogen-bond donors (Lipinski definition) is 2. The van der Waals surface area contributed by atoms with Crippen LogP contribution in [-0.4, -0.2) is 35.8 Å². The lowest BCUT2D eigenvalue weighted by Gasteiger charge is -2.17. The van der Waals surface area contributed by atoms with Gasteiger partial charge in [0.2, 0.25) is 5.91 Å². The Balaban J connectivity index is 1.91. The summed E-state index contributed by atoms with van der Waals surface area (Å²) in [5, 5.41) is 10.2. The van der Waals surface area contributed by atoms with Crippen molar-refractivity contribution >= 4 is 23.3 Å². The summed E-state index contributed by atoms with van der Waals surface area (Å²) in [6.07, 6.45) is 4.47. The molecule has 0 unspecified atom stereocenters. The lowest BCUT2D eigenvalue weighted by molar-refractivity contribution is -0.114. The van der Waals surface area contributed by atoms with Crippen molar-refractivity contribution in [2.75, 3.05) is 24.9 Å². The van der Waals surface area contributed by atoms with Crippen LogP contribution in [0.25, 0.3) is 0 Å². The van der Waals surface area contributed by atoms with E-state index in [-0.39, 0.29) is 11.8 Å². The highest BCUT2D eigenvalue weighted by atomic mass is 16.5. The topological polar surface area (TPSA) is 94.5 Å². The van der Waals surface area contributed by atoms with Gasteiger partial charge in [-0.3, -0.25) is 9.59 Å². The average Bonchev–Trinajstić information content (AvgIpc) is 3.29. The highest BCUT2D eigenvalue weighted by molar-refractivity contribution is 6.06. The number of carbonyl (C=O) groups excluding carboxylic acids is 2. The van der Waals surface area contributed by atoms with Gasteiger partial charge in [0, 0.05) is 18.6 Å². The normalized spacial score (nSPS) is 14.0. The van der Waals surface area contributed by atoms with Crippen molar-refractivity contribution < 1.29 is 19.1 Å². The molecule has 0 radical (unpaired) electrons. The monoisotopic (exact) mass is 386 g/mol. The number of methoxy groups -OCH3 is 2. The number of amides is 2. The Bertz CT molecular complexity index is 885. The Hall–Kier alpha value is -3.03. The molecule has 3 rings (SSSR count). The minimum atomic E-state index is -0.313. The van der Waals surface area contributed by atoms with E-state index in [1.807, 2.05) is 17.7 Å². The van der Waals surface area contributed by atoms with Crippen LogP contribution in [0.1, 0.15) is 54.7 Å². The van der Waals surface area contributed by atoms with Crippen LogP contribution in [0.4, 0.5) is 11.5 Å². The first kappa shape index (κ1) is 19.7. The molecule has 1 fully saturated rings. The maximum atomic E-state index is 12.9. The van der Waals surface area contributed by atoms with E-state index >= 15 is 0 Å². The van der Waals surface area contributed by atoms with Crippen LogP contribution < -0.4 is 20.1 Å². The summed E-state index contributed by atoms with van der Waals surface area (Å²) in [4.78, 5) is 24.5. The zero-order valence-corrected chi connectivity index (χ0v) is 16.7. The van der Waals surface area contributed by atoms with Gasteiger partial charge in [-0.1, -0.05) is 12.8 Å². The SMILES string of the molecule is COc1cc(C(=O)Nc2cc(C)nn2C2CCCC2)cc(NC(C)=O)c1OC. The van der Waals surface area contributed by atoms with Crippen LogP contribution >= 0.6 is 0 Å². The van der Waals surface area contributed by atoms with E-state index in [9.17, 15) is 9.59 Å². The van der Waals surface area contributed by atoms with Crippen molar-refractivity contribution in [2.24, 2.45) is 0 Å². The molecule has 2 amide bonds. The highest BCUT2D eigenvalue weighted by Crippen LogP contribution is 2.37. The van der Waals surface area contributed by atoms with Gasteiger partial charge in [0.15, 0.2) is 11.5 Å². The molecule has 0 aliphatic heterocycles. The number of aryl methyl sites for hydroxylation is 1. The third-order valence-electron chi connectivity index (χ3n) is 4.82. The molecule has 2 aromatic rings. The number of benzene rings is 1. The van der Waals surface area contributed by atoms with Crippen LogP contribution in [0.2, 0.25) is 0 Å². The Morgan fingerprint density at radius 1 is 1.11 bits per heavy atom. The summed E-state index contributed by atoms with van der Waals surface area (Å²) in [5.41, 5.74) is 1.58. The third kappa shape index (κ3) is 4.11. The summed E-state index contributed by atoms with van der Waals surface area (Å²) in [6, 6.07) is 5.33. The van der Waals surface area contributed by atoms with Crippen LogP contribution in [-0.2, 0) is 4.79 Å². The lowest BCUT2D eigenvalue weighted by Crippen LogP contribution is -2.18. The fraction of sp³-hybridized carbons (Fsp3) is 0.450. The number of hydrogen-bond acceptors (Lipinski definition) is 5. The van der Waals surface area contributed by atoms with E-state index in [4.69, 9.17) is 9.47 Å². The van der Waals surface area contributed by atoms with E-state index < -0.39 is 0 Å². The Morgan fingerprint density at radius 3 is 2.43 bits per heavy atom. The Labute approximate surface area is 164 Å². The van der Waals surface area contributed by atoms with Gasteiger partial charge in [0.05, 0.1) is 31.6 Å². The van der Waals surface area contributed by atoms with Gasteiger partial charge in [0.25, 0.3) is 5.91 Å². The first-order valence-corrected chi connectivity index (χ1v) is 9.34. The second kappa shape index (κ2) is 8.33. The number of nitrogens with one attached hydrogen (secondary N) is 2. The number of carbonyl (C=O) groups is 2. The molecule has 0 saturated heterocycles. The highest BCUT2D eigenvalue weighted by Gasteiger charge is 2.23. The molecule has 150 valence electrons. The van der Waals surface area contributed by atoms with Gasteiger partial charge < -0.3 is 20.1 Å². The molecule has 1 aliphatic carbocycles. The van der Waals surface area contributed by atoms with E-state index in [1.54, 1.807) is 12.1 Å². The lowest BCUT2D eigenvalue weighted by atomic mass is 10.1. The molecule has 1 saturated carbocycles. The van der Waals surface area contributed by atoms with Crippen LogP contribution in [0, 0.1) is 6.92 Å². The van der Waals surface area contributed by atoms with Gasteiger partial charge in [-0.25, -0.2) is 4.68 Å². The minimum Gasteiger partial charge on any atom is -0.493 e. The molecule has 28 heavy (non-hydrogen) atoms. The number of anilines is 2. The summed E-state index contributed by atoms with van der Waals surface area (Å²) >= 11 is 0. The van der Waals surface area contributed by atoms with Gasteiger partial charge >= 0.3 is 0 Å². The Morgan fingerprint density at radius 2 is 1.82 bits per heavy atom. The van der Waals surface area contributed by atoms with Crippen molar-refractivity contribution in [1.29, 1.82) is 0 Å². The van der Waals surface area contributed by atoms with Crippen molar-refractivity contribution in [3.63, 3.8) is 0 Å². The third-order valence-corrected chi connectivity index (χ3v) is 4.82. The van der Waals surface area contributed by atoms with Gasteiger partial charge in [-0.2, -0.15) is 5.10 Å². The molecule has 1 aromatic heterocycles. The second-order valence-corrected chi connectivity index (χ2v) is 6.95. The second-order valence-electron chi connectivity index (χ2n) is 6.95. The molecule has 1 aromatic carbocycles. The molecular weight excluding hydrogens is 360 g/mol. The van der Waals surface area contributed by atoms with Crippen LogP contribution in [0.5, 0.6) is 11.5 Å². The molecular formula is C20H26N4O4. The molecule has 1 aliphatic rings. The first-order chi connectivity index (χ1) is 13.4. The van der Waals surface area contributed by atoms with E-state index in [0.717, 1.165) is 18.5 Å². The summed E-state index contributed by atoms with van der Waals surface area (Å²) in [7, 11) is 2.96. The van der Waals surface area contributed by atoms with E-state index in [0.29, 0.717) is 34.6 Å². The van der Waals surface area contributed by atoms with Crippen molar-refractivity contribution in [2.45, 2.75) is 45.6 Å². The zero-order chi connectivity index (χ0) is 20.3. The number of aromatic nitrogens is 2. The quantitative estimate of drug-likeness (QED) is 0.792. The van der Waals surface area contributed by atoms with Gasteiger partial charge in [-0.15, -0.1) is 0 Å². The molecule has 8 nitrogen and oxygen atoms in total. The van der Waals surface area contributed by atoms with Crippen LogP contribution in [0.15, 0.2) is 18.2 Å². The van der Waals surface area contributed by atoms with Crippen molar-refractivity contribution in [3.8, 4) is 11.5 Å². The molecule has 8 heteroatoms. The molecule has 0 atom stereocenters. The zero-order valence-electron chi connectivity index (χ0n) is 16.7. The smallest absolute Gasteiger partial charge is 0.257 e. The van der Waals surface area contributed by atoms with E-state index in [2.05, 4.69) is 15.7 Å². The predicted octanol–water partition coefficient (Wildman–Crippen LogP) is 3.53. The number of ether oxygens (including phenoxy) is 2. The van der Waals surface area contributed by atoms with Gasteiger partial charge in [-0.05, 0) is 31.9 Å². The maximum Gasteiger partial charge on any atom is 0.257 e. The van der Waals surface area contributed by atoms with Crippen molar-refractivity contribution in [1.82, 2.24) is 9.78 Å². The van der Waals surface area contributed by atoms with Gasteiger partial charge in [0.1, 0.15) is 5.82 Å². The summed E-state index contributed by atoms with van der Waals surface area (Å²) < 4.78 is 12.6. The average molecular weight is 386 g/mol. The molecule has 1 heterocycles. The fourth-order valence-corrected chi connectivity index (χ4v) is 3.60. The van der Waals surface area contributed by atoms with E-state index in [1.165, 1.54) is 34.0 Å². The largest absolute Gasteiger partial charge is 0.493 e. The first-order valence-electron chi connectivity index (χ1n) is 9.34. The Kier molecular flexibility index (Phi) is 5.87. The number of rotatable bonds is 6. The molecule has 0 bridgehead atoms. The minimum absolute atomic E-state index is 0.271. The summed E-state index contributed by atoms with van der Waals surface area (Å²) in [5.74, 6) is 0.810.